The average molecular weight is 402 g/mol. The summed E-state index contributed by atoms with van der Waals surface area (Å²) in [6, 6.07) is 8.31. The lowest BCUT2D eigenvalue weighted by Gasteiger charge is -2.16. The molecule has 0 fully saturated rings. The Morgan fingerprint density at radius 1 is 1.21 bits per heavy atom. The van der Waals surface area contributed by atoms with E-state index in [0.29, 0.717) is 0 Å². The highest BCUT2D eigenvalue weighted by atomic mass is 19.4. The average Bonchev–Trinajstić information content (AvgIpc) is 2.67. The fourth-order valence-electron chi connectivity index (χ4n) is 1.82. The molecule has 29 heavy (non-hydrogen) atoms. The lowest BCUT2D eigenvalue weighted by molar-refractivity contribution is -0.137. The van der Waals surface area contributed by atoms with E-state index < -0.39 is 23.4 Å². The number of alkyl halides is 3. The molecule has 2 rings (SSSR count). The van der Waals surface area contributed by atoms with Crippen LogP contribution in [0.3, 0.4) is 0 Å². The molecule has 1 unspecified atom stereocenters. The van der Waals surface area contributed by atoms with Crippen molar-refractivity contribution in [3.05, 3.63) is 96.9 Å². The highest BCUT2D eigenvalue weighted by molar-refractivity contribution is 5.44. The van der Waals surface area contributed by atoms with Gasteiger partial charge in [-0.15, -0.1) is 6.58 Å². The molecule has 0 amide bonds. The molecule has 6 heteroatoms. The zero-order valence-corrected chi connectivity index (χ0v) is 16.8. The predicted molar refractivity (Wildman–Crippen MR) is 110 cm³/mol. The number of hydrogen-bond donors (Lipinski definition) is 0. The van der Waals surface area contributed by atoms with Crippen LogP contribution in [0.5, 0.6) is 5.75 Å². The molecule has 1 aromatic heterocycles. The fourth-order valence-corrected chi connectivity index (χ4v) is 1.82. The van der Waals surface area contributed by atoms with Gasteiger partial charge in [0.05, 0.1) is 17.2 Å². The first kappa shape index (κ1) is 25.7. The summed E-state index contributed by atoms with van der Waals surface area (Å²) in [6.07, 6.45) is 1.41. The van der Waals surface area contributed by atoms with Crippen LogP contribution in [0, 0.1) is 11.3 Å². The topological polar surface area (TPSA) is 45.9 Å². The summed E-state index contributed by atoms with van der Waals surface area (Å²) in [7, 11) is 0. The van der Waals surface area contributed by atoms with Crippen LogP contribution in [-0.2, 0) is 6.18 Å². The lowest BCUT2D eigenvalue weighted by Crippen LogP contribution is -2.09. The van der Waals surface area contributed by atoms with Crippen molar-refractivity contribution < 1.29 is 17.9 Å². The van der Waals surface area contributed by atoms with E-state index in [1.54, 1.807) is 43.6 Å². The number of ether oxygens (including phenoxy) is 1. The van der Waals surface area contributed by atoms with E-state index in [9.17, 15) is 13.2 Å². The first-order chi connectivity index (χ1) is 13.6. The Hall–Kier alpha value is -3.33. The summed E-state index contributed by atoms with van der Waals surface area (Å²) in [4.78, 5) is 3.93. The molecular weight excluding hydrogens is 377 g/mol. The SMILES string of the molecule is C=C(C)C.C=CC=C.CC(Oc1ccc(C#N)c(C(F)(F)F)c1)c1cccnc1. The molecule has 3 nitrogen and oxygen atoms in total. The molecule has 0 N–H and O–H groups in total. The quantitative estimate of drug-likeness (QED) is 0.406. The molecule has 0 spiro atoms. The zero-order valence-electron chi connectivity index (χ0n) is 16.8. The Morgan fingerprint density at radius 3 is 2.21 bits per heavy atom. The number of pyridine rings is 1. The number of nitrogens with zero attached hydrogens (tertiary/aromatic N) is 2. The summed E-state index contributed by atoms with van der Waals surface area (Å²) >= 11 is 0. The maximum atomic E-state index is 12.9. The molecule has 154 valence electrons. The number of halogens is 3. The maximum Gasteiger partial charge on any atom is 0.417 e. The van der Waals surface area contributed by atoms with Gasteiger partial charge in [-0.25, -0.2) is 0 Å². The van der Waals surface area contributed by atoms with Crippen LogP contribution in [-0.4, -0.2) is 4.98 Å². The summed E-state index contributed by atoms with van der Waals surface area (Å²) < 4.78 is 44.1. The second-order valence-electron chi connectivity index (χ2n) is 6.04. The Kier molecular flexibility index (Phi) is 11.5. The van der Waals surface area contributed by atoms with Crippen molar-refractivity contribution in [2.45, 2.75) is 33.1 Å². The first-order valence-corrected chi connectivity index (χ1v) is 8.60. The van der Waals surface area contributed by atoms with Gasteiger partial charge in [-0.3, -0.25) is 4.98 Å². The van der Waals surface area contributed by atoms with E-state index in [-0.39, 0.29) is 5.75 Å². The normalized spacial score (nSPS) is 10.7. The van der Waals surface area contributed by atoms with Crippen LogP contribution in [0.2, 0.25) is 0 Å². The van der Waals surface area contributed by atoms with Crippen molar-refractivity contribution in [2.24, 2.45) is 0 Å². The van der Waals surface area contributed by atoms with Gasteiger partial charge in [-0.05, 0) is 45.0 Å². The molecule has 0 radical (unpaired) electrons. The number of allylic oxidation sites excluding steroid dienone is 3. The van der Waals surface area contributed by atoms with E-state index in [0.717, 1.165) is 17.7 Å². The second-order valence-corrected chi connectivity index (χ2v) is 6.04. The van der Waals surface area contributed by atoms with Gasteiger partial charge in [0.2, 0.25) is 0 Å². The summed E-state index contributed by atoms with van der Waals surface area (Å²) in [5.74, 6) is 0.0534. The molecule has 0 saturated carbocycles. The third-order valence-electron chi connectivity index (χ3n) is 3.05. The molecule has 1 heterocycles. The lowest BCUT2D eigenvalue weighted by atomic mass is 10.1. The van der Waals surface area contributed by atoms with E-state index in [1.165, 1.54) is 17.7 Å². The van der Waals surface area contributed by atoms with E-state index >= 15 is 0 Å². The molecule has 0 bridgehead atoms. The van der Waals surface area contributed by atoms with Crippen molar-refractivity contribution >= 4 is 0 Å². The minimum atomic E-state index is -4.60. The van der Waals surface area contributed by atoms with Crippen LogP contribution in [0.1, 0.15) is 43.6 Å². The Morgan fingerprint density at radius 2 is 1.79 bits per heavy atom. The summed E-state index contributed by atoms with van der Waals surface area (Å²) in [6.45, 7) is 15.9. The van der Waals surface area contributed by atoms with E-state index in [4.69, 9.17) is 10.00 Å². The molecule has 2 aromatic rings. The number of hydrogen-bond acceptors (Lipinski definition) is 3. The Balaban J connectivity index is 0.000000837. The molecule has 1 aromatic carbocycles. The predicted octanol–water partition coefficient (Wildman–Crippen LogP) is 7.05. The minimum Gasteiger partial charge on any atom is -0.486 e. The van der Waals surface area contributed by atoms with Crippen LogP contribution in [0.4, 0.5) is 13.2 Å². The summed E-state index contributed by atoms with van der Waals surface area (Å²) in [5.41, 5.74) is 0.486. The van der Waals surface area contributed by atoms with Gasteiger partial charge < -0.3 is 4.74 Å². The molecule has 1 atom stereocenters. The van der Waals surface area contributed by atoms with Crippen molar-refractivity contribution in [1.82, 2.24) is 4.98 Å². The van der Waals surface area contributed by atoms with Gasteiger partial charge in [0.25, 0.3) is 0 Å². The van der Waals surface area contributed by atoms with Gasteiger partial charge in [0.1, 0.15) is 11.9 Å². The van der Waals surface area contributed by atoms with Crippen LogP contribution in [0.25, 0.3) is 0 Å². The van der Waals surface area contributed by atoms with Gasteiger partial charge in [-0.1, -0.05) is 36.9 Å². The highest BCUT2D eigenvalue weighted by Crippen LogP contribution is 2.35. The van der Waals surface area contributed by atoms with E-state index in [1.807, 2.05) is 13.8 Å². The van der Waals surface area contributed by atoms with Gasteiger partial charge in [-0.2, -0.15) is 18.4 Å². The van der Waals surface area contributed by atoms with Gasteiger partial charge in [0.15, 0.2) is 0 Å². The molecule has 0 saturated heterocycles. The third-order valence-corrected chi connectivity index (χ3v) is 3.05. The molecular formula is C23H25F3N2O. The van der Waals surface area contributed by atoms with E-state index in [2.05, 4.69) is 24.7 Å². The second kappa shape index (κ2) is 12.9. The van der Waals surface area contributed by atoms with Gasteiger partial charge in [0, 0.05) is 18.0 Å². The zero-order chi connectivity index (χ0) is 22.4. The van der Waals surface area contributed by atoms with Crippen LogP contribution >= 0.6 is 0 Å². The van der Waals surface area contributed by atoms with Crippen molar-refractivity contribution in [1.29, 1.82) is 5.26 Å². The number of rotatable bonds is 4. The number of aromatic nitrogens is 1. The Bertz CT molecular complexity index is 827. The summed E-state index contributed by atoms with van der Waals surface area (Å²) in [5, 5.41) is 8.73. The minimum absolute atomic E-state index is 0.0534. The maximum absolute atomic E-state index is 12.9. The molecule has 0 aliphatic heterocycles. The van der Waals surface area contributed by atoms with Gasteiger partial charge >= 0.3 is 6.18 Å². The van der Waals surface area contributed by atoms with Crippen LogP contribution in [0.15, 0.2) is 80.2 Å². The first-order valence-electron chi connectivity index (χ1n) is 8.60. The molecule has 0 aliphatic carbocycles. The number of nitriles is 1. The van der Waals surface area contributed by atoms with Crippen molar-refractivity contribution in [3.8, 4) is 11.8 Å². The molecule has 0 aliphatic rings. The monoisotopic (exact) mass is 402 g/mol. The smallest absolute Gasteiger partial charge is 0.417 e. The Labute approximate surface area is 170 Å². The van der Waals surface area contributed by atoms with Crippen LogP contribution < -0.4 is 4.74 Å². The van der Waals surface area contributed by atoms with Crippen molar-refractivity contribution in [2.75, 3.05) is 0 Å². The van der Waals surface area contributed by atoms with Crippen molar-refractivity contribution in [3.63, 3.8) is 0 Å². The highest BCUT2D eigenvalue weighted by Gasteiger charge is 2.34. The fraction of sp³-hybridized carbons (Fsp3) is 0.217. The third kappa shape index (κ3) is 10.5. The number of benzene rings is 1. The standard InChI is InChI=1S/C15H11F3N2O.C4H8.C4H6/c1-10(12-3-2-6-20-9-12)21-13-5-4-11(8-19)14(7-13)15(16,17)18;1-4(2)3;1-3-4-2/h2-7,9-10H,1H3;1H2,2-3H3;3-4H,1-2H2. The largest absolute Gasteiger partial charge is 0.486 e.